The molecule has 1 unspecified atom stereocenters. The monoisotopic (exact) mass is 164 g/mol. The number of rotatable bonds is 1. The molecule has 0 saturated carbocycles. The first-order valence-corrected chi connectivity index (χ1v) is 4.14. The van der Waals surface area contributed by atoms with Crippen LogP contribution >= 0.6 is 0 Å². The van der Waals surface area contributed by atoms with Gasteiger partial charge in [0.2, 0.25) is 0 Å². The van der Waals surface area contributed by atoms with Crippen LogP contribution in [0.2, 0.25) is 0 Å². The normalized spacial score (nSPS) is 20.7. The fourth-order valence-corrected chi connectivity index (χ4v) is 1.63. The van der Waals surface area contributed by atoms with Crippen LogP contribution < -0.4 is 11.3 Å². The van der Waals surface area contributed by atoms with E-state index in [9.17, 15) is 0 Å². The highest BCUT2D eigenvalue weighted by atomic mass is 15.3. The number of nitrogens with zero attached hydrogens (tertiary/aromatic N) is 2. The molecule has 0 bridgehead atoms. The highest BCUT2D eigenvalue weighted by molar-refractivity contribution is 5.39. The summed E-state index contributed by atoms with van der Waals surface area (Å²) < 4.78 is 0. The molecule has 2 rings (SSSR count). The summed E-state index contributed by atoms with van der Waals surface area (Å²) in [7, 11) is 0. The molecule has 1 atom stereocenters. The molecule has 0 aliphatic heterocycles. The van der Waals surface area contributed by atoms with Gasteiger partial charge in [0.1, 0.15) is 0 Å². The zero-order valence-electron chi connectivity index (χ0n) is 7.04. The molecule has 0 saturated heterocycles. The van der Waals surface area contributed by atoms with E-state index in [-0.39, 0.29) is 0 Å². The van der Waals surface area contributed by atoms with Crippen molar-refractivity contribution in [3.63, 3.8) is 0 Å². The van der Waals surface area contributed by atoms with E-state index < -0.39 is 0 Å². The van der Waals surface area contributed by atoms with E-state index in [0.29, 0.717) is 11.7 Å². The summed E-state index contributed by atoms with van der Waals surface area (Å²) in [5.41, 5.74) is 4.91. The number of aryl methyl sites for hydroxylation is 1. The maximum absolute atomic E-state index is 5.23. The molecular weight excluding hydrogens is 152 g/mol. The molecule has 4 nitrogen and oxygen atoms in total. The summed E-state index contributed by atoms with van der Waals surface area (Å²) >= 11 is 0. The van der Waals surface area contributed by atoms with Gasteiger partial charge < -0.3 is 5.43 Å². The van der Waals surface area contributed by atoms with E-state index in [4.69, 9.17) is 5.84 Å². The molecule has 0 fully saturated rings. The zero-order chi connectivity index (χ0) is 8.55. The lowest BCUT2D eigenvalue weighted by Crippen LogP contribution is -2.10. The number of aromatic nitrogens is 2. The van der Waals surface area contributed by atoms with E-state index in [0.717, 1.165) is 12.1 Å². The minimum Gasteiger partial charge on any atom is -0.307 e. The average Bonchev–Trinajstić information content (AvgIpc) is 2.47. The summed E-state index contributed by atoms with van der Waals surface area (Å²) in [5, 5.41) is 8.05. The van der Waals surface area contributed by atoms with Crippen LogP contribution in [-0.2, 0) is 6.42 Å². The fourth-order valence-electron chi connectivity index (χ4n) is 1.63. The lowest BCUT2D eigenvalue weighted by molar-refractivity contribution is 0.719. The Morgan fingerprint density at radius 2 is 2.42 bits per heavy atom. The van der Waals surface area contributed by atoms with Crippen LogP contribution in [0.4, 0.5) is 5.82 Å². The maximum Gasteiger partial charge on any atom is 0.162 e. The minimum absolute atomic E-state index is 0.555. The Balaban J connectivity index is 2.41. The predicted molar refractivity (Wildman–Crippen MR) is 46.6 cm³/mol. The van der Waals surface area contributed by atoms with Gasteiger partial charge in [-0.3, -0.25) is 0 Å². The molecular formula is C8H12N4. The summed E-state index contributed by atoms with van der Waals surface area (Å²) in [6, 6.07) is 1.98. The quantitative estimate of drug-likeness (QED) is 0.476. The lowest BCUT2D eigenvalue weighted by Gasteiger charge is -2.03. The van der Waals surface area contributed by atoms with Gasteiger partial charge in [-0.25, -0.2) is 5.84 Å². The van der Waals surface area contributed by atoms with Crippen molar-refractivity contribution in [3.8, 4) is 0 Å². The van der Waals surface area contributed by atoms with Crippen LogP contribution in [0.5, 0.6) is 0 Å². The Hall–Kier alpha value is -1.16. The smallest absolute Gasteiger partial charge is 0.162 e. The second kappa shape index (κ2) is 2.71. The van der Waals surface area contributed by atoms with E-state index in [2.05, 4.69) is 22.5 Å². The Morgan fingerprint density at radius 3 is 3.17 bits per heavy atom. The molecule has 64 valence electrons. The molecule has 0 aromatic carbocycles. The molecule has 1 heterocycles. The van der Waals surface area contributed by atoms with Gasteiger partial charge in [0.25, 0.3) is 0 Å². The highest BCUT2D eigenvalue weighted by Gasteiger charge is 2.20. The van der Waals surface area contributed by atoms with Crippen molar-refractivity contribution in [3.05, 3.63) is 17.3 Å². The topological polar surface area (TPSA) is 63.8 Å². The first-order chi connectivity index (χ1) is 5.81. The Bertz CT molecular complexity index is 297. The van der Waals surface area contributed by atoms with Crippen LogP contribution in [0.1, 0.15) is 30.5 Å². The molecule has 1 aromatic heterocycles. The summed E-state index contributed by atoms with van der Waals surface area (Å²) in [6.45, 7) is 2.18. The number of fused-ring (bicyclic) bond motifs is 1. The predicted octanol–water partition coefficient (Wildman–Crippen LogP) is 0.812. The van der Waals surface area contributed by atoms with Crippen molar-refractivity contribution in [2.24, 2.45) is 5.84 Å². The number of hydrogen-bond donors (Lipinski definition) is 2. The largest absolute Gasteiger partial charge is 0.307 e. The number of nitrogens with two attached hydrogens (primary N) is 1. The zero-order valence-corrected chi connectivity index (χ0v) is 7.04. The van der Waals surface area contributed by atoms with Crippen molar-refractivity contribution in [2.75, 3.05) is 5.43 Å². The van der Waals surface area contributed by atoms with Crippen LogP contribution in [-0.4, -0.2) is 10.2 Å². The van der Waals surface area contributed by atoms with Gasteiger partial charge in [0, 0.05) is 5.92 Å². The number of hydrazine groups is 1. The maximum atomic E-state index is 5.23. The third kappa shape index (κ3) is 1.04. The second-order valence-corrected chi connectivity index (χ2v) is 3.22. The molecule has 3 N–H and O–H groups in total. The van der Waals surface area contributed by atoms with Crippen molar-refractivity contribution >= 4 is 5.82 Å². The first kappa shape index (κ1) is 7.49. The van der Waals surface area contributed by atoms with E-state index in [1.165, 1.54) is 12.0 Å². The lowest BCUT2D eigenvalue weighted by atomic mass is 10.1. The molecule has 4 heteroatoms. The van der Waals surface area contributed by atoms with Gasteiger partial charge >= 0.3 is 0 Å². The molecule has 1 aliphatic rings. The van der Waals surface area contributed by atoms with Crippen molar-refractivity contribution in [2.45, 2.75) is 25.7 Å². The standard InChI is InChI=1S/C8H12N4/c1-5-2-3-6-4-7(10-9)11-12-8(5)6/h4-5H,2-3,9H2,1H3,(H,10,11). The van der Waals surface area contributed by atoms with Crippen LogP contribution in [0.15, 0.2) is 6.07 Å². The van der Waals surface area contributed by atoms with Gasteiger partial charge in [-0.15, -0.1) is 5.10 Å². The summed E-state index contributed by atoms with van der Waals surface area (Å²) in [5.74, 6) is 6.44. The molecule has 0 amide bonds. The van der Waals surface area contributed by atoms with Gasteiger partial charge in [-0.2, -0.15) is 5.10 Å². The third-order valence-corrected chi connectivity index (χ3v) is 2.37. The number of nitrogens with one attached hydrogen (secondary N) is 1. The van der Waals surface area contributed by atoms with E-state index >= 15 is 0 Å². The summed E-state index contributed by atoms with van der Waals surface area (Å²) in [6.07, 6.45) is 2.28. The number of nitrogen functional groups attached to an aromatic ring is 1. The van der Waals surface area contributed by atoms with Gasteiger partial charge in [-0.1, -0.05) is 6.92 Å². The SMILES string of the molecule is CC1CCc2cc(NN)nnc21. The van der Waals surface area contributed by atoms with Crippen molar-refractivity contribution < 1.29 is 0 Å². The number of anilines is 1. The van der Waals surface area contributed by atoms with Crippen LogP contribution in [0, 0.1) is 0 Å². The molecule has 0 spiro atoms. The molecule has 1 aromatic rings. The molecule has 12 heavy (non-hydrogen) atoms. The summed E-state index contributed by atoms with van der Waals surface area (Å²) in [4.78, 5) is 0. The fraction of sp³-hybridized carbons (Fsp3) is 0.500. The van der Waals surface area contributed by atoms with Crippen molar-refractivity contribution in [1.29, 1.82) is 0 Å². The second-order valence-electron chi connectivity index (χ2n) is 3.22. The Labute approximate surface area is 71.2 Å². The molecule has 0 radical (unpaired) electrons. The first-order valence-electron chi connectivity index (χ1n) is 4.14. The average molecular weight is 164 g/mol. The van der Waals surface area contributed by atoms with Crippen molar-refractivity contribution in [1.82, 2.24) is 10.2 Å². The minimum atomic E-state index is 0.555. The van der Waals surface area contributed by atoms with Crippen LogP contribution in [0.25, 0.3) is 0 Å². The van der Waals surface area contributed by atoms with Gasteiger partial charge in [0.15, 0.2) is 5.82 Å². The van der Waals surface area contributed by atoms with E-state index in [1.807, 2.05) is 6.07 Å². The van der Waals surface area contributed by atoms with Gasteiger partial charge in [-0.05, 0) is 24.5 Å². The Morgan fingerprint density at radius 1 is 1.58 bits per heavy atom. The third-order valence-electron chi connectivity index (χ3n) is 2.37. The van der Waals surface area contributed by atoms with E-state index in [1.54, 1.807) is 0 Å². The highest BCUT2D eigenvalue weighted by Crippen LogP contribution is 2.30. The Kier molecular flexibility index (Phi) is 1.69. The number of hydrogen-bond acceptors (Lipinski definition) is 4. The van der Waals surface area contributed by atoms with Crippen LogP contribution in [0.3, 0.4) is 0 Å². The van der Waals surface area contributed by atoms with Gasteiger partial charge in [0.05, 0.1) is 5.69 Å². The molecule has 1 aliphatic carbocycles.